The summed E-state index contributed by atoms with van der Waals surface area (Å²) >= 11 is 0. The smallest absolute Gasteiger partial charge is 0.259 e. The average Bonchev–Trinajstić information content (AvgIpc) is 2.52. The molecule has 6 nitrogen and oxygen atoms in total. The number of nitriles is 1. The number of nitrogens with zero attached hydrogens (tertiary/aromatic N) is 1. The van der Waals surface area contributed by atoms with Crippen molar-refractivity contribution in [1.82, 2.24) is 5.32 Å². The van der Waals surface area contributed by atoms with Gasteiger partial charge in [0, 0.05) is 0 Å². The standard InChI is InChI=1S/C16H20N2O4/c1-11(2)16(3,10-17)18-15(20)9-22-14-6-5-13(21-4)7-12(14)8-19/h5-8,11H,9H2,1-4H3,(H,18,20)/t16-/m1/s1. The van der Waals surface area contributed by atoms with Crippen LogP contribution in [0, 0.1) is 17.2 Å². The van der Waals surface area contributed by atoms with Gasteiger partial charge in [0.1, 0.15) is 17.0 Å². The zero-order chi connectivity index (χ0) is 16.8. The Bertz CT molecular complexity index is 592. The van der Waals surface area contributed by atoms with Gasteiger partial charge in [-0.1, -0.05) is 13.8 Å². The van der Waals surface area contributed by atoms with Crippen molar-refractivity contribution < 1.29 is 19.1 Å². The number of carbonyl (C=O) groups excluding carboxylic acids is 2. The van der Waals surface area contributed by atoms with E-state index in [1.54, 1.807) is 19.1 Å². The van der Waals surface area contributed by atoms with Crippen LogP contribution in [0.1, 0.15) is 31.1 Å². The summed E-state index contributed by atoms with van der Waals surface area (Å²) in [6.07, 6.45) is 0.628. The number of aldehydes is 1. The van der Waals surface area contributed by atoms with Crippen LogP contribution in [0.3, 0.4) is 0 Å². The van der Waals surface area contributed by atoms with Crippen LogP contribution >= 0.6 is 0 Å². The zero-order valence-electron chi connectivity index (χ0n) is 13.2. The number of hydrogen-bond acceptors (Lipinski definition) is 5. The van der Waals surface area contributed by atoms with Crippen LogP contribution in [0.25, 0.3) is 0 Å². The normalized spacial score (nSPS) is 12.9. The highest BCUT2D eigenvalue weighted by Crippen LogP contribution is 2.22. The first-order valence-electron chi connectivity index (χ1n) is 6.84. The van der Waals surface area contributed by atoms with Crippen molar-refractivity contribution in [3.05, 3.63) is 23.8 Å². The van der Waals surface area contributed by atoms with E-state index in [1.165, 1.54) is 13.2 Å². The minimum absolute atomic E-state index is 0.0482. The Labute approximate surface area is 130 Å². The molecule has 0 aliphatic carbocycles. The molecule has 0 saturated carbocycles. The van der Waals surface area contributed by atoms with E-state index >= 15 is 0 Å². The van der Waals surface area contributed by atoms with Crippen LogP contribution in [0.4, 0.5) is 0 Å². The van der Waals surface area contributed by atoms with Crippen LogP contribution in [-0.2, 0) is 4.79 Å². The molecule has 1 aromatic rings. The number of rotatable bonds is 7. The first kappa shape index (κ1) is 17.5. The second-order valence-corrected chi connectivity index (χ2v) is 5.33. The minimum Gasteiger partial charge on any atom is -0.497 e. The van der Waals surface area contributed by atoms with E-state index in [1.807, 2.05) is 13.8 Å². The maximum atomic E-state index is 11.9. The molecule has 0 saturated heterocycles. The Balaban J connectivity index is 2.73. The third-order valence-electron chi connectivity index (χ3n) is 3.49. The second-order valence-electron chi connectivity index (χ2n) is 5.33. The maximum Gasteiger partial charge on any atom is 0.259 e. The van der Waals surface area contributed by atoms with Gasteiger partial charge < -0.3 is 14.8 Å². The Morgan fingerprint density at radius 3 is 2.68 bits per heavy atom. The molecule has 1 rings (SSSR count). The lowest BCUT2D eigenvalue weighted by atomic mass is 9.90. The summed E-state index contributed by atoms with van der Waals surface area (Å²) < 4.78 is 10.4. The van der Waals surface area contributed by atoms with Gasteiger partial charge in [0.2, 0.25) is 0 Å². The molecule has 1 aromatic carbocycles. The van der Waals surface area contributed by atoms with Gasteiger partial charge in [-0.15, -0.1) is 0 Å². The lowest BCUT2D eigenvalue weighted by Crippen LogP contribution is -2.50. The van der Waals surface area contributed by atoms with Crippen molar-refractivity contribution in [3.63, 3.8) is 0 Å². The Hall–Kier alpha value is -2.55. The van der Waals surface area contributed by atoms with Crippen LogP contribution in [0.2, 0.25) is 0 Å². The van der Waals surface area contributed by atoms with Crippen LogP contribution in [-0.4, -0.2) is 31.4 Å². The highest BCUT2D eigenvalue weighted by Gasteiger charge is 2.30. The van der Waals surface area contributed by atoms with Gasteiger partial charge in [0.25, 0.3) is 5.91 Å². The molecule has 118 valence electrons. The number of hydrogen-bond donors (Lipinski definition) is 1. The number of methoxy groups -OCH3 is 1. The number of ether oxygens (including phenoxy) is 2. The zero-order valence-corrected chi connectivity index (χ0v) is 13.2. The Kier molecular flexibility index (Phi) is 5.93. The molecule has 0 spiro atoms. The number of carbonyl (C=O) groups is 2. The molecule has 1 N–H and O–H groups in total. The van der Waals surface area contributed by atoms with Crippen molar-refractivity contribution >= 4 is 12.2 Å². The second kappa shape index (κ2) is 7.46. The number of nitrogens with one attached hydrogen (secondary N) is 1. The average molecular weight is 304 g/mol. The lowest BCUT2D eigenvalue weighted by Gasteiger charge is -2.27. The van der Waals surface area contributed by atoms with Crippen molar-refractivity contribution in [1.29, 1.82) is 5.26 Å². The Morgan fingerprint density at radius 2 is 2.18 bits per heavy atom. The summed E-state index contributed by atoms with van der Waals surface area (Å²) in [6.45, 7) is 5.06. The van der Waals surface area contributed by atoms with Crippen molar-refractivity contribution in [2.45, 2.75) is 26.3 Å². The van der Waals surface area contributed by atoms with Crippen molar-refractivity contribution in [2.24, 2.45) is 5.92 Å². The molecular weight excluding hydrogens is 284 g/mol. The van der Waals surface area contributed by atoms with E-state index in [9.17, 15) is 9.59 Å². The maximum absolute atomic E-state index is 11.9. The van der Waals surface area contributed by atoms with Gasteiger partial charge in [-0.2, -0.15) is 5.26 Å². The van der Waals surface area contributed by atoms with Crippen molar-refractivity contribution in [3.8, 4) is 17.6 Å². The molecule has 1 amide bonds. The van der Waals surface area contributed by atoms with E-state index in [4.69, 9.17) is 14.7 Å². The predicted octanol–water partition coefficient (Wildman–Crippen LogP) is 1.94. The first-order valence-corrected chi connectivity index (χ1v) is 6.84. The minimum atomic E-state index is -0.964. The number of benzene rings is 1. The third kappa shape index (κ3) is 4.22. The molecule has 0 bridgehead atoms. The van der Waals surface area contributed by atoms with E-state index in [0.717, 1.165) is 0 Å². The fourth-order valence-electron chi connectivity index (χ4n) is 1.65. The van der Waals surface area contributed by atoms with E-state index in [2.05, 4.69) is 11.4 Å². The molecule has 0 aromatic heterocycles. The van der Waals surface area contributed by atoms with Crippen LogP contribution in [0.5, 0.6) is 11.5 Å². The molecule has 0 fully saturated rings. The molecule has 0 unspecified atom stereocenters. The molecular formula is C16H20N2O4. The largest absolute Gasteiger partial charge is 0.497 e. The van der Waals surface area contributed by atoms with Gasteiger partial charge in [-0.25, -0.2) is 0 Å². The summed E-state index contributed by atoms with van der Waals surface area (Å²) in [4.78, 5) is 22.9. The fraction of sp³-hybridized carbons (Fsp3) is 0.438. The summed E-state index contributed by atoms with van der Waals surface area (Å²) in [6, 6.07) is 6.80. The SMILES string of the molecule is COc1ccc(OCC(=O)N[C@](C)(C#N)C(C)C)c(C=O)c1. The fourth-order valence-corrected chi connectivity index (χ4v) is 1.65. The number of amides is 1. The van der Waals surface area contributed by atoms with E-state index < -0.39 is 11.4 Å². The van der Waals surface area contributed by atoms with Gasteiger partial charge in [-0.3, -0.25) is 9.59 Å². The highest BCUT2D eigenvalue weighted by atomic mass is 16.5. The molecule has 1 atom stereocenters. The van der Waals surface area contributed by atoms with Gasteiger partial charge in [0.05, 0.1) is 18.7 Å². The van der Waals surface area contributed by atoms with E-state index in [-0.39, 0.29) is 18.3 Å². The summed E-state index contributed by atoms with van der Waals surface area (Å²) in [5, 5.41) is 11.8. The van der Waals surface area contributed by atoms with Gasteiger partial charge in [0.15, 0.2) is 12.9 Å². The predicted molar refractivity (Wildman–Crippen MR) is 80.9 cm³/mol. The summed E-state index contributed by atoms with van der Waals surface area (Å²) in [5.41, 5.74) is -0.674. The molecule has 0 aliphatic heterocycles. The van der Waals surface area contributed by atoms with Gasteiger partial charge in [-0.05, 0) is 31.0 Å². The molecule has 0 aliphatic rings. The monoisotopic (exact) mass is 304 g/mol. The third-order valence-corrected chi connectivity index (χ3v) is 3.49. The first-order chi connectivity index (χ1) is 10.4. The van der Waals surface area contributed by atoms with E-state index in [0.29, 0.717) is 17.6 Å². The molecule has 0 heterocycles. The lowest BCUT2D eigenvalue weighted by molar-refractivity contribution is -0.124. The Morgan fingerprint density at radius 1 is 1.50 bits per heavy atom. The summed E-state index contributed by atoms with van der Waals surface area (Å²) in [7, 11) is 1.49. The van der Waals surface area contributed by atoms with Crippen molar-refractivity contribution in [2.75, 3.05) is 13.7 Å². The summed E-state index contributed by atoms with van der Waals surface area (Å²) in [5.74, 6) is 0.336. The molecule has 6 heteroatoms. The quantitative estimate of drug-likeness (QED) is 0.778. The highest BCUT2D eigenvalue weighted by molar-refractivity contribution is 5.82. The molecule has 0 radical (unpaired) electrons. The molecule has 22 heavy (non-hydrogen) atoms. The van der Waals surface area contributed by atoms with Crippen LogP contribution in [0.15, 0.2) is 18.2 Å². The van der Waals surface area contributed by atoms with Gasteiger partial charge >= 0.3 is 0 Å². The van der Waals surface area contributed by atoms with Crippen LogP contribution < -0.4 is 14.8 Å². The topological polar surface area (TPSA) is 88.4 Å².